The average molecular weight is 552 g/mol. The Labute approximate surface area is 230 Å². The molecule has 0 saturated carbocycles. The van der Waals surface area contributed by atoms with Gasteiger partial charge in [0.15, 0.2) is 11.4 Å². The first-order valence-corrected chi connectivity index (χ1v) is 13.4. The molecule has 0 aliphatic carbocycles. The molecule has 0 spiro atoms. The third-order valence-electron chi connectivity index (χ3n) is 8.01. The van der Waals surface area contributed by atoms with E-state index in [0.29, 0.717) is 12.5 Å². The number of fused-ring (bicyclic) bond motifs is 4. The summed E-state index contributed by atoms with van der Waals surface area (Å²) in [5, 5.41) is 13.7. The molecule has 3 heterocycles. The van der Waals surface area contributed by atoms with Crippen LogP contribution in [0.2, 0.25) is 0 Å². The normalized spacial score (nSPS) is 21.9. The van der Waals surface area contributed by atoms with Crippen LogP contribution in [0.15, 0.2) is 59.5 Å². The van der Waals surface area contributed by atoms with E-state index in [1.165, 1.54) is 16.8 Å². The van der Waals surface area contributed by atoms with Crippen LogP contribution in [-0.4, -0.2) is 45.1 Å². The van der Waals surface area contributed by atoms with Gasteiger partial charge in [-0.2, -0.15) is 0 Å². The second kappa shape index (κ2) is 11.2. The van der Waals surface area contributed by atoms with E-state index in [2.05, 4.69) is 5.32 Å². The molecule has 210 valence electrons. The third kappa shape index (κ3) is 5.11. The molecule has 4 atom stereocenters. The summed E-state index contributed by atoms with van der Waals surface area (Å²) in [7, 11) is 0. The van der Waals surface area contributed by atoms with Gasteiger partial charge in [0, 0.05) is 37.0 Å². The maximum absolute atomic E-state index is 14.1. The highest BCUT2D eigenvalue weighted by molar-refractivity contribution is 5.99. The molecule has 8 nitrogen and oxygen atoms in total. The fourth-order valence-corrected chi connectivity index (χ4v) is 5.63. The highest BCUT2D eigenvalue weighted by Crippen LogP contribution is 2.38. The van der Waals surface area contributed by atoms with Crippen molar-refractivity contribution in [1.29, 1.82) is 0 Å². The van der Waals surface area contributed by atoms with Crippen LogP contribution >= 0.6 is 0 Å². The van der Waals surface area contributed by atoms with Crippen molar-refractivity contribution >= 4 is 11.8 Å². The minimum absolute atomic E-state index is 0.0130. The second-order valence-electron chi connectivity index (χ2n) is 10.4. The van der Waals surface area contributed by atoms with E-state index >= 15 is 0 Å². The number of aliphatic hydroxyl groups excluding tert-OH is 1. The summed E-state index contributed by atoms with van der Waals surface area (Å²) >= 11 is 0. The number of carbonyl (C=O) groups excluding carboxylic acids is 2. The van der Waals surface area contributed by atoms with Crippen LogP contribution in [-0.2, 0) is 13.2 Å². The topological polar surface area (TPSA) is 101 Å². The lowest BCUT2D eigenvalue weighted by atomic mass is 9.92. The van der Waals surface area contributed by atoms with Gasteiger partial charge in [-0.25, -0.2) is 8.78 Å². The molecule has 1 fully saturated rings. The smallest absolute Gasteiger partial charge is 0.274 e. The van der Waals surface area contributed by atoms with Crippen molar-refractivity contribution in [3.05, 3.63) is 99.0 Å². The molecule has 3 aromatic rings. The van der Waals surface area contributed by atoms with Gasteiger partial charge < -0.3 is 24.6 Å². The summed E-state index contributed by atoms with van der Waals surface area (Å²) < 4.78 is 34.9. The lowest BCUT2D eigenvalue weighted by Gasteiger charge is -2.39. The minimum atomic E-state index is -0.835. The number of nitrogens with one attached hydrogen (secondary N) is 1. The molecule has 0 unspecified atom stereocenters. The predicted molar refractivity (Wildman–Crippen MR) is 143 cm³/mol. The zero-order valence-corrected chi connectivity index (χ0v) is 22.3. The van der Waals surface area contributed by atoms with E-state index in [1.807, 2.05) is 32.0 Å². The van der Waals surface area contributed by atoms with Gasteiger partial charge in [-0.3, -0.25) is 14.4 Å². The van der Waals surface area contributed by atoms with Crippen molar-refractivity contribution in [2.45, 2.75) is 58.0 Å². The van der Waals surface area contributed by atoms with Gasteiger partial charge in [0.05, 0.1) is 12.1 Å². The Morgan fingerprint density at radius 3 is 2.60 bits per heavy atom. The number of rotatable bonds is 7. The molecular weight excluding hydrogens is 520 g/mol. The summed E-state index contributed by atoms with van der Waals surface area (Å²) in [6.45, 7) is 3.85. The number of hydrogen-bond donors (Lipinski definition) is 2. The second-order valence-corrected chi connectivity index (χ2v) is 10.4. The molecule has 2 N–H and O–H groups in total. The molecule has 2 aromatic carbocycles. The number of amides is 2. The summed E-state index contributed by atoms with van der Waals surface area (Å²) in [4.78, 5) is 42.5. The predicted octanol–water partition coefficient (Wildman–Crippen LogP) is 3.81. The standard InChI is InChI=1S/C30H31F2N3O5/c1-3-19-11-25(36)24-15-34(17(19)2)30(39)26-28(40-16-18-7-5-4-6-8-18)27(37)22(14-35(24)26)29(38)33-13-20-9-10-21(31)12-23(20)32/h4-10,12,14,17,19,24-25,36H,3,11,13,15-16H2,1-2H3,(H,33,38)/t17-,19-,24+,25-/m0/s1. The number of hydrogen-bond acceptors (Lipinski definition) is 5. The van der Waals surface area contributed by atoms with Crippen molar-refractivity contribution in [2.24, 2.45) is 5.92 Å². The van der Waals surface area contributed by atoms with Gasteiger partial charge in [0.25, 0.3) is 11.8 Å². The quantitative estimate of drug-likeness (QED) is 0.465. The number of halogens is 2. The number of nitrogens with zero attached hydrogens (tertiary/aromatic N) is 2. The zero-order valence-electron chi connectivity index (χ0n) is 22.3. The lowest BCUT2D eigenvalue weighted by molar-refractivity contribution is 0.0492. The Kier molecular flexibility index (Phi) is 7.71. The summed E-state index contributed by atoms with van der Waals surface area (Å²) in [6.07, 6.45) is 1.65. The summed E-state index contributed by atoms with van der Waals surface area (Å²) in [5.74, 6) is -3.03. The fourth-order valence-electron chi connectivity index (χ4n) is 5.63. The van der Waals surface area contributed by atoms with Gasteiger partial charge in [0.1, 0.15) is 23.8 Å². The molecule has 1 aromatic heterocycles. The van der Waals surface area contributed by atoms with Crippen molar-refractivity contribution in [1.82, 2.24) is 14.8 Å². The van der Waals surface area contributed by atoms with Crippen molar-refractivity contribution in [2.75, 3.05) is 6.54 Å². The first-order chi connectivity index (χ1) is 19.2. The number of ether oxygens (including phenoxy) is 1. The molecule has 2 amide bonds. The first-order valence-electron chi connectivity index (χ1n) is 13.4. The van der Waals surface area contributed by atoms with Crippen LogP contribution in [0.5, 0.6) is 5.75 Å². The zero-order chi connectivity index (χ0) is 28.6. The molecule has 5 rings (SSSR count). The van der Waals surface area contributed by atoms with Crippen LogP contribution < -0.4 is 15.5 Å². The molecule has 2 bridgehead atoms. The highest BCUT2D eigenvalue weighted by atomic mass is 19.1. The summed E-state index contributed by atoms with van der Waals surface area (Å²) in [5.41, 5.74) is -0.324. The van der Waals surface area contributed by atoms with Crippen LogP contribution in [0.4, 0.5) is 8.78 Å². The Bertz CT molecular complexity index is 1490. The minimum Gasteiger partial charge on any atom is -0.483 e. The van der Waals surface area contributed by atoms with Gasteiger partial charge >= 0.3 is 0 Å². The Morgan fingerprint density at radius 1 is 1.15 bits per heavy atom. The maximum atomic E-state index is 14.1. The van der Waals surface area contributed by atoms with E-state index in [-0.39, 0.29) is 54.2 Å². The van der Waals surface area contributed by atoms with E-state index < -0.39 is 41.0 Å². The Morgan fingerprint density at radius 2 is 1.90 bits per heavy atom. The van der Waals surface area contributed by atoms with Crippen LogP contribution in [0.3, 0.4) is 0 Å². The third-order valence-corrected chi connectivity index (χ3v) is 8.01. The number of benzene rings is 2. The van der Waals surface area contributed by atoms with E-state index in [4.69, 9.17) is 4.74 Å². The Balaban J connectivity index is 1.57. The number of aromatic nitrogens is 1. The monoisotopic (exact) mass is 551 g/mol. The van der Waals surface area contributed by atoms with Gasteiger partial charge in [0.2, 0.25) is 5.43 Å². The average Bonchev–Trinajstić information content (AvgIpc) is 3.05. The number of aliphatic hydroxyl groups is 1. The SMILES string of the molecule is CC[C@H]1C[C@H](O)[C@H]2CN(C(=O)c3c(OCc4ccccc4)c(=O)c(C(=O)NCc4ccc(F)cc4F)cn32)[C@H]1C. The molecule has 40 heavy (non-hydrogen) atoms. The maximum Gasteiger partial charge on any atom is 0.274 e. The molecule has 2 aliphatic heterocycles. The highest BCUT2D eigenvalue weighted by Gasteiger charge is 2.45. The molecule has 2 aliphatic rings. The van der Waals surface area contributed by atoms with Crippen molar-refractivity contribution < 1.29 is 28.2 Å². The lowest BCUT2D eigenvalue weighted by Crippen LogP contribution is -2.50. The van der Waals surface area contributed by atoms with E-state index in [9.17, 15) is 28.3 Å². The van der Waals surface area contributed by atoms with Crippen LogP contribution in [0.1, 0.15) is 64.7 Å². The molecule has 1 saturated heterocycles. The van der Waals surface area contributed by atoms with E-state index in [0.717, 1.165) is 18.1 Å². The van der Waals surface area contributed by atoms with E-state index in [1.54, 1.807) is 17.0 Å². The van der Waals surface area contributed by atoms with Crippen LogP contribution in [0.25, 0.3) is 0 Å². The Hall–Kier alpha value is -4.05. The number of pyridine rings is 1. The number of carbonyl (C=O) groups is 2. The van der Waals surface area contributed by atoms with Crippen molar-refractivity contribution in [3.63, 3.8) is 0 Å². The molecule has 10 heteroatoms. The fraction of sp³-hybridized carbons (Fsp3) is 0.367. The van der Waals surface area contributed by atoms with Gasteiger partial charge in [-0.1, -0.05) is 49.7 Å². The molecular formula is C30H31F2N3O5. The summed E-state index contributed by atoms with van der Waals surface area (Å²) in [6, 6.07) is 11.3. The molecule has 0 radical (unpaired) electrons. The van der Waals surface area contributed by atoms with Crippen LogP contribution in [0, 0.1) is 17.6 Å². The van der Waals surface area contributed by atoms with Gasteiger partial charge in [-0.15, -0.1) is 0 Å². The largest absolute Gasteiger partial charge is 0.483 e. The van der Waals surface area contributed by atoms with Crippen molar-refractivity contribution in [3.8, 4) is 5.75 Å². The van der Waals surface area contributed by atoms with Gasteiger partial charge in [-0.05, 0) is 30.9 Å². The first kappa shape index (κ1) is 27.5.